The Morgan fingerprint density at radius 3 is 2.29 bits per heavy atom. The molecule has 0 radical (unpaired) electrons. The SMILES string of the molecule is CCCOc1cc(C(=O)O)cc(OCCC)c1-c1cn(C(C)c2ccccn2)c2ncc(-c3c(C)noc3C)cc12. The number of benzene rings is 1. The number of rotatable bonds is 11. The minimum atomic E-state index is -1.05. The lowest BCUT2D eigenvalue weighted by Crippen LogP contribution is -2.08. The Labute approximate surface area is 238 Å². The molecular weight excluding hydrogens is 520 g/mol. The summed E-state index contributed by atoms with van der Waals surface area (Å²) in [6.45, 7) is 10.7. The van der Waals surface area contributed by atoms with E-state index in [9.17, 15) is 9.90 Å². The highest BCUT2D eigenvalue weighted by Crippen LogP contribution is 2.45. The van der Waals surface area contributed by atoms with E-state index in [0.717, 1.165) is 52.0 Å². The van der Waals surface area contributed by atoms with Gasteiger partial charge in [0.2, 0.25) is 0 Å². The number of carbonyl (C=O) groups is 1. The van der Waals surface area contributed by atoms with Crippen molar-refractivity contribution in [2.45, 2.75) is 53.5 Å². The molecule has 0 saturated heterocycles. The van der Waals surface area contributed by atoms with E-state index in [0.29, 0.717) is 36.0 Å². The van der Waals surface area contributed by atoms with E-state index in [4.69, 9.17) is 19.0 Å². The maximum Gasteiger partial charge on any atom is 0.335 e. The molecule has 212 valence electrons. The van der Waals surface area contributed by atoms with Gasteiger partial charge < -0.3 is 23.7 Å². The first kappa shape index (κ1) is 27.9. The zero-order valence-electron chi connectivity index (χ0n) is 24.0. The van der Waals surface area contributed by atoms with Crippen molar-refractivity contribution in [1.82, 2.24) is 19.7 Å². The molecule has 0 aliphatic rings. The van der Waals surface area contributed by atoms with Gasteiger partial charge in [0, 0.05) is 40.7 Å². The Kier molecular flexibility index (Phi) is 8.05. The van der Waals surface area contributed by atoms with Crippen molar-refractivity contribution in [3.8, 4) is 33.8 Å². The molecule has 1 N–H and O–H groups in total. The molecule has 0 fully saturated rings. The molecule has 1 atom stereocenters. The van der Waals surface area contributed by atoms with Crippen molar-refractivity contribution in [3.05, 3.63) is 77.7 Å². The molecule has 0 bridgehead atoms. The molecule has 0 spiro atoms. The number of aryl methyl sites for hydroxylation is 2. The van der Waals surface area contributed by atoms with E-state index in [1.165, 1.54) is 0 Å². The zero-order valence-corrected chi connectivity index (χ0v) is 24.0. The molecule has 0 saturated carbocycles. The lowest BCUT2D eigenvalue weighted by Gasteiger charge is -2.17. The molecule has 0 aliphatic carbocycles. The second-order valence-corrected chi connectivity index (χ2v) is 10.0. The predicted molar refractivity (Wildman–Crippen MR) is 157 cm³/mol. The third kappa shape index (κ3) is 5.39. The van der Waals surface area contributed by atoms with Crippen LogP contribution in [0.5, 0.6) is 11.5 Å². The van der Waals surface area contributed by atoms with E-state index in [1.54, 1.807) is 18.3 Å². The van der Waals surface area contributed by atoms with E-state index >= 15 is 0 Å². The Bertz CT molecular complexity index is 1640. The molecule has 1 unspecified atom stereocenters. The van der Waals surface area contributed by atoms with Gasteiger partial charge in [-0.05, 0) is 63.9 Å². The largest absolute Gasteiger partial charge is 0.493 e. The maximum absolute atomic E-state index is 12.1. The minimum Gasteiger partial charge on any atom is -0.493 e. The topological polar surface area (TPSA) is 113 Å². The highest BCUT2D eigenvalue weighted by Gasteiger charge is 2.25. The quantitative estimate of drug-likeness (QED) is 0.182. The van der Waals surface area contributed by atoms with E-state index in [1.807, 2.05) is 58.3 Å². The number of hydrogen-bond acceptors (Lipinski definition) is 7. The van der Waals surface area contributed by atoms with Crippen molar-refractivity contribution in [2.75, 3.05) is 13.2 Å². The summed E-state index contributed by atoms with van der Waals surface area (Å²) in [6, 6.07) is 10.9. The maximum atomic E-state index is 12.1. The second-order valence-electron chi connectivity index (χ2n) is 10.0. The average Bonchev–Trinajstić information content (AvgIpc) is 3.52. The summed E-state index contributed by atoms with van der Waals surface area (Å²) in [5.74, 6) is 0.555. The molecule has 4 aromatic heterocycles. The van der Waals surface area contributed by atoms with Gasteiger partial charge in [-0.25, -0.2) is 9.78 Å². The fourth-order valence-electron chi connectivity index (χ4n) is 5.05. The van der Waals surface area contributed by atoms with Gasteiger partial charge in [-0.3, -0.25) is 4.98 Å². The number of aromatic carboxylic acids is 1. The number of ether oxygens (including phenoxy) is 2. The molecule has 4 heterocycles. The van der Waals surface area contributed by atoms with Gasteiger partial charge in [-0.1, -0.05) is 25.1 Å². The van der Waals surface area contributed by atoms with Crippen LogP contribution in [0.2, 0.25) is 0 Å². The first-order valence-electron chi connectivity index (χ1n) is 13.9. The van der Waals surface area contributed by atoms with Crippen LogP contribution in [0.4, 0.5) is 0 Å². The van der Waals surface area contributed by atoms with Gasteiger partial charge in [0.1, 0.15) is 22.9 Å². The smallest absolute Gasteiger partial charge is 0.335 e. The van der Waals surface area contributed by atoms with Crippen molar-refractivity contribution in [2.24, 2.45) is 0 Å². The van der Waals surface area contributed by atoms with Crippen LogP contribution in [-0.2, 0) is 0 Å². The number of pyridine rings is 2. The Balaban J connectivity index is 1.83. The zero-order chi connectivity index (χ0) is 29.1. The molecule has 5 rings (SSSR count). The number of carboxylic acids is 1. The third-order valence-corrected chi connectivity index (χ3v) is 7.03. The van der Waals surface area contributed by atoms with Gasteiger partial charge in [0.25, 0.3) is 0 Å². The molecule has 41 heavy (non-hydrogen) atoms. The van der Waals surface area contributed by atoms with Crippen LogP contribution in [0.15, 0.2) is 59.5 Å². The summed E-state index contributed by atoms with van der Waals surface area (Å²) in [7, 11) is 0. The molecule has 9 nitrogen and oxygen atoms in total. The highest BCUT2D eigenvalue weighted by molar-refractivity contribution is 6.01. The van der Waals surface area contributed by atoms with Crippen molar-refractivity contribution in [3.63, 3.8) is 0 Å². The normalized spacial score (nSPS) is 12.0. The monoisotopic (exact) mass is 554 g/mol. The number of aromatic nitrogens is 4. The fourth-order valence-corrected chi connectivity index (χ4v) is 5.05. The van der Waals surface area contributed by atoms with Gasteiger partial charge in [0.15, 0.2) is 0 Å². The standard InChI is InChI=1S/C32H34N4O5/c1-6-12-39-27-15-22(32(37)38)16-28(40-13-7-2)30(27)25-18-36(20(4)26-10-8-9-11-33-26)31-24(25)14-23(17-34-31)29-19(3)35-41-21(29)5/h8-11,14-18,20H,6-7,12-13H2,1-5H3,(H,37,38). The Hall–Kier alpha value is -4.66. The first-order valence-corrected chi connectivity index (χ1v) is 13.9. The number of nitrogens with zero attached hydrogens (tertiary/aromatic N) is 4. The lowest BCUT2D eigenvalue weighted by molar-refractivity contribution is 0.0695. The summed E-state index contributed by atoms with van der Waals surface area (Å²) < 4.78 is 19.9. The van der Waals surface area contributed by atoms with Crippen LogP contribution in [0.1, 0.15) is 67.2 Å². The van der Waals surface area contributed by atoms with E-state index in [2.05, 4.69) is 27.7 Å². The van der Waals surface area contributed by atoms with Gasteiger partial charge in [0.05, 0.1) is 41.8 Å². The van der Waals surface area contributed by atoms with Crippen molar-refractivity contribution in [1.29, 1.82) is 0 Å². The van der Waals surface area contributed by atoms with Gasteiger partial charge in [-0.15, -0.1) is 0 Å². The number of carboxylic acid groups (broad SMARTS) is 1. The van der Waals surface area contributed by atoms with Crippen LogP contribution in [0.3, 0.4) is 0 Å². The molecule has 0 aliphatic heterocycles. The highest BCUT2D eigenvalue weighted by atomic mass is 16.5. The summed E-state index contributed by atoms with van der Waals surface area (Å²) in [5.41, 5.74) is 5.78. The third-order valence-electron chi connectivity index (χ3n) is 7.03. The summed E-state index contributed by atoms with van der Waals surface area (Å²) in [5, 5.41) is 14.9. The van der Waals surface area contributed by atoms with Gasteiger partial charge in [-0.2, -0.15) is 0 Å². The van der Waals surface area contributed by atoms with Crippen LogP contribution in [0, 0.1) is 13.8 Å². The van der Waals surface area contributed by atoms with Crippen LogP contribution in [-0.4, -0.2) is 44.0 Å². The Morgan fingerprint density at radius 2 is 1.73 bits per heavy atom. The Morgan fingerprint density at radius 1 is 1.02 bits per heavy atom. The van der Waals surface area contributed by atoms with Crippen LogP contribution >= 0.6 is 0 Å². The minimum absolute atomic E-state index is 0.103. The molecular formula is C32H34N4O5. The van der Waals surface area contributed by atoms with Gasteiger partial charge >= 0.3 is 5.97 Å². The second kappa shape index (κ2) is 11.8. The molecule has 0 amide bonds. The van der Waals surface area contributed by atoms with Crippen LogP contribution < -0.4 is 9.47 Å². The first-order chi connectivity index (χ1) is 19.8. The van der Waals surface area contributed by atoms with E-state index < -0.39 is 5.97 Å². The van der Waals surface area contributed by atoms with E-state index in [-0.39, 0.29) is 11.6 Å². The summed E-state index contributed by atoms with van der Waals surface area (Å²) in [4.78, 5) is 21.6. The molecule has 5 aromatic rings. The van der Waals surface area contributed by atoms with Crippen molar-refractivity contribution < 1.29 is 23.9 Å². The molecule has 9 heteroatoms. The van der Waals surface area contributed by atoms with Crippen LogP contribution in [0.25, 0.3) is 33.3 Å². The molecule has 1 aromatic carbocycles. The number of hydrogen-bond donors (Lipinski definition) is 1. The fraction of sp³-hybridized carbons (Fsp3) is 0.312. The average molecular weight is 555 g/mol. The summed E-state index contributed by atoms with van der Waals surface area (Å²) in [6.07, 6.45) is 7.16. The lowest BCUT2D eigenvalue weighted by atomic mass is 9.98. The predicted octanol–water partition coefficient (Wildman–Crippen LogP) is 7.26. The van der Waals surface area contributed by atoms with Crippen molar-refractivity contribution >= 4 is 17.0 Å². The summed E-state index contributed by atoms with van der Waals surface area (Å²) >= 11 is 0. The number of fused-ring (bicyclic) bond motifs is 1.